The number of aliphatic carboxylic acids is 1. The van der Waals surface area contributed by atoms with Gasteiger partial charge in [0.05, 0.1) is 34.4 Å². The Morgan fingerprint density at radius 3 is 1.30 bits per heavy atom. The summed E-state index contributed by atoms with van der Waals surface area (Å²) in [4.78, 5) is 37.0. The van der Waals surface area contributed by atoms with E-state index in [0.717, 1.165) is 116 Å². The molecule has 0 saturated heterocycles. The van der Waals surface area contributed by atoms with Crippen molar-refractivity contribution in [1.29, 1.82) is 0 Å². The molecule has 338 valence electrons. The van der Waals surface area contributed by atoms with E-state index >= 15 is 0 Å². The van der Waals surface area contributed by atoms with E-state index in [1.54, 1.807) is 0 Å². The number of carbonyl (C=O) groups is 3. The molecule has 0 saturated carbocycles. The van der Waals surface area contributed by atoms with Crippen LogP contribution in [0.2, 0.25) is 0 Å². The molecule has 0 aromatic rings. The van der Waals surface area contributed by atoms with Gasteiger partial charge < -0.3 is 23.8 Å². The van der Waals surface area contributed by atoms with Crippen LogP contribution in [0.15, 0.2) is 109 Å². The fourth-order valence-corrected chi connectivity index (χ4v) is 5.93. The van der Waals surface area contributed by atoms with Crippen molar-refractivity contribution >= 4 is 17.9 Å². The molecule has 2 unspecified atom stereocenters. The van der Waals surface area contributed by atoms with Gasteiger partial charge in [0.1, 0.15) is 6.61 Å². The smallest absolute Gasteiger partial charge is 0.362 e. The number of allylic oxidation sites excluding steroid dienone is 18. The number of hydrogen-bond acceptors (Lipinski definition) is 6. The van der Waals surface area contributed by atoms with E-state index in [1.165, 1.54) is 0 Å². The molecule has 0 aromatic heterocycles. The van der Waals surface area contributed by atoms with Crippen molar-refractivity contribution in [3.05, 3.63) is 109 Å². The number of nitrogens with zero attached hydrogens (tertiary/aromatic N) is 1. The summed E-state index contributed by atoms with van der Waals surface area (Å²) in [7, 11) is 5.49. The number of carboxylic acids is 1. The average molecular weight is 835 g/mol. The maximum absolute atomic E-state index is 12.7. The molecule has 2 atom stereocenters. The van der Waals surface area contributed by atoms with Crippen LogP contribution in [0, 0.1) is 0 Å². The number of quaternary nitrogens is 1. The minimum absolute atomic E-state index is 0.0332. The van der Waals surface area contributed by atoms with E-state index in [4.69, 9.17) is 14.2 Å². The number of carboxylic acid groups (broad SMARTS) is 1. The van der Waals surface area contributed by atoms with Crippen LogP contribution in [-0.4, -0.2) is 80.6 Å². The van der Waals surface area contributed by atoms with Gasteiger partial charge in [-0.2, -0.15) is 0 Å². The Labute approximate surface area is 366 Å². The molecule has 0 fully saturated rings. The van der Waals surface area contributed by atoms with Crippen LogP contribution < -0.4 is 0 Å². The van der Waals surface area contributed by atoms with Crippen molar-refractivity contribution in [3.63, 3.8) is 0 Å². The number of likely N-dealkylation sites (N-methyl/N-ethyl adjacent to an activating group) is 1. The average Bonchev–Trinajstić information content (AvgIpc) is 3.21. The highest BCUT2D eigenvalue weighted by atomic mass is 16.6. The molecule has 0 spiro atoms. The minimum atomic E-state index is -0.889. The van der Waals surface area contributed by atoms with Crippen LogP contribution in [0.3, 0.4) is 0 Å². The molecule has 1 N–H and O–H groups in total. The van der Waals surface area contributed by atoms with Crippen LogP contribution in [0.25, 0.3) is 0 Å². The zero-order chi connectivity index (χ0) is 44.2. The number of ether oxygens (including phenoxy) is 3. The molecule has 0 rings (SSSR count). The third-order valence-electron chi connectivity index (χ3n) is 9.42. The summed E-state index contributed by atoms with van der Waals surface area (Å²) in [6.07, 6.45) is 57.1. The van der Waals surface area contributed by atoms with Gasteiger partial charge in [-0.1, -0.05) is 142 Å². The molecule has 0 amide bonds. The first-order valence-electron chi connectivity index (χ1n) is 22.9. The van der Waals surface area contributed by atoms with E-state index in [9.17, 15) is 19.5 Å². The van der Waals surface area contributed by atoms with Gasteiger partial charge in [0.15, 0.2) is 12.1 Å². The normalized spacial score (nSPS) is 13.9. The largest absolute Gasteiger partial charge is 0.477 e. The summed E-state index contributed by atoms with van der Waals surface area (Å²) in [5, 5.41) is 9.63. The Kier molecular flexibility index (Phi) is 38.9. The van der Waals surface area contributed by atoms with Crippen molar-refractivity contribution in [2.75, 3.05) is 41.0 Å². The van der Waals surface area contributed by atoms with Gasteiger partial charge in [-0.3, -0.25) is 9.59 Å². The van der Waals surface area contributed by atoms with Crippen LogP contribution >= 0.6 is 0 Å². The van der Waals surface area contributed by atoms with E-state index in [1.807, 2.05) is 21.1 Å². The number of rotatable bonds is 39. The quantitative estimate of drug-likeness (QED) is 0.0285. The lowest BCUT2D eigenvalue weighted by Gasteiger charge is -2.31. The number of esters is 2. The lowest BCUT2D eigenvalue weighted by molar-refractivity contribution is -0.887. The molecular weight excluding hydrogens is 751 g/mol. The molecule has 8 heteroatoms. The second-order valence-corrected chi connectivity index (χ2v) is 15.9. The molecule has 0 bridgehead atoms. The summed E-state index contributed by atoms with van der Waals surface area (Å²) in [6.45, 7) is 4.42. The van der Waals surface area contributed by atoms with Gasteiger partial charge in [-0.05, 0) is 96.3 Å². The predicted octanol–water partition coefficient (Wildman–Crippen LogP) is 12.9. The summed E-state index contributed by atoms with van der Waals surface area (Å²) >= 11 is 0. The van der Waals surface area contributed by atoms with Crippen molar-refractivity contribution in [2.24, 2.45) is 0 Å². The molecule has 0 heterocycles. The second-order valence-electron chi connectivity index (χ2n) is 15.9. The molecule has 0 aliphatic heterocycles. The van der Waals surface area contributed by atoms with Crippen LogP contribution in [0.4, 0.5) is 0 Å². The van der Waals surface area contributed by atoms with Gasteiger partial charge in [0.2, 0.25) is 0 Å². The molecule has 0 radical (unpaired) electrons. The van der Waals surface area contributed by atoms with Gasteiger partial charge in [0, 0.05) is 19.3 Å². The second kappa shape index (κ2) is 41.7. The Morgan fingerprint density at radius 2 is 0.883 bits per heavy atom. The number of unbranched alkanes of at least 4 members (excludes halogenated alkanes) is 7. The predicted molar refractivity (Wildman–Crippen MR) is 252 cm³/mol. The molecular formula is C52H84NO7+. The van der Waals surface area contributed by atoms with Crippen LogP contribution in [0.1, 0.15) is 149 Å². The first kappa shape index (κ1) is 56.0. The Morgan fingerprint density at radius 1 is 0.500 bits per heavy atom. The molecule has 0 aromatic carbocycles. The van der Waals surface area contributed by atoms with Crippen LogP contribution in [0.5, 0.6) is 0 Å². The zero-order valence-electron chi connectivity index (χ0n) is 38.4. The van der Waals surface area contributed by atoms with Crippen molar-refractivity contribution in [2.45, 2.75) is 161 Å². The fraction of sp³-hybridized carbons (Fsp3) is 0.596. The third-order valence-corrected chi connectivity index (χ3v) is 9.42. The highest BCUT2D eigenvalue weighted by molar-refractivity contribution is 5.72. The van der Waals surface area contributed by atoms with Gasteiger partial charge in [-0.25, -0.2) is 4.79 Å². The van der Waals surface area contributed by atoms with E-state index in [2.05, 4.69) is 123 Å². The zero-order valence-corrected chi connectivity index (χ0v) is 38.4. The fourth-order valence-electron chi connectivity index (χ4n) is 5.93. The van der Waals surface area contributed by atoms with Gasteiger partial charge in [-0.15, -0.1) is 0 Å². The van der Waals surface area contributed by atoms with E-state index < -0.39 is 18.1 Å². The number of carbonyl (C=O) groups excluding carboxylic acids is 2. The molecule has 8 nitrogen and oxygen atoms in total. The Bertz CT molecular complexity index is 1340. The van der Waals surface area contributed by atoms with Crippen molar-refractivity contribution in [3.8, 4) is 0 Å². The van der Waals surface area contributed by atoms with Crippen molar-refractivity contribution < 1.29 is 38.2 Å². The number of hydrogen-bond donors (Lipinski definition) is 1. The molecule has 0 aliphatic rings. The van der Waals surface area contributed by atoms with Crippen LogP contribution in [-0.2, 0) is 28.6 Å². The Hall–Kier alpha value is -4.01. The summed E-state index contributed by atoms with van der Waals surface area (Å²) in [6, 6.07) is -0.631. The summed E-state index contributed by atoms with van der Waals surface area (Å²) < 4.78 is 17.2. The lowest BCUT2D eigenvalue weighted by atomic mass is 10.1. The Balaban J connectivity index is 4.42. The first-order valence-corrected chi connectivity index (χ1v) is 22.9. The standard InChI is InChI=1S/C52H83NO7/c1-6-8-10-12-14-16-18-20-22-23-24-25-26-27-28-29-31-32-34-36-38-40-42-50(54)59-47-48(46-58-45-44-49(52(56)57)53(3,4)5)60-51(55)43-41-39-37-35-33-30-21-19-17-15-13-11-9-7-2/h8-11,14-17,20-22,24-25,27-28,30-32,48-49H,6-7,12-13,18-19,23,26,29,33-47H2,1-5H3/p+1/b10-8+,11-9+,16-14+,17-15+,22-20+,25-24+,28-27+,30-21+,32-31+. The maximum atomic E-state index is 12.7. The minimum Gasteiger partial charge on any atom is -0.477 e. The van der Waals surface area contributed by atoms with Crippen molar-refractivity contribution in [1.82, 2.24) is 0 Å². The summed E-state index contributed by atoms with van der Waals surface area (Å²) in [5.41, 5.74) is 0. The topological polar surface area (TPSA) is 99.1 Å². The van der Waals surface area contributed by atoms with E-state index in [-0.39, 0.29) is 42.7 Å². The van der Waals surface area contributed by atoms with Gasteiger partial charge in [0.25, 0.3) is 0 Å². The third kappa shape index (κ3) is 39.5. The molecule has 60 heavy (non-hydrogen) atoms. The maximum Gasteiger partial charge on any atom is 0.362 e. The monoisotopic (exact) mass is 835 g/mol. The lowest BCUT2D eigenvalue weighted by Crippen LogP contribution is -2.50. The highest BCUT2D eigenvalue weighted by Crippen LogP contribution is 2.12. The van der Waals surface area contributed by atoms with Gasteiger partial charge >= 0.3 is 17.9 Å². The first-order chi connectivity index (χ1) is 29.1. The molecule has 0 aliphatic carbocycles. The SMILES string of the molecule is CC/C=C/C/C=C/C/C=C/C/C=C/C/C=C/C/C=C/CCCCCC(=O)OCC(COCCC(C(=O)O)[N+](C)(C)C)OC(=O)CCCCCC/C=C/C/C=C/C/C=C/CC. The summed E-state index contributed by atoms with van der Waals surface area (Å²) in [5.74, 6) is -1.56. The van der Waals surface area contributed by atoms with E-state index in [0.29, 0.717) is 12.8 Å². The highest BCUT2D eigenvalue weighted by Gasteiger charge is 2.31.